The molecule has 11 heteroatoms. The van der Waals surface area contributed by atoms with E-state index in [0.717, 1.165) is 6.20 Å². The number of halogens is 7. The summed E-state index contributed by atoms with van der Waals surface area (Å²) in [5, 5.41) is 20.6. The molecule has 1 heterocycles. The van der Waals surface area contributed by atoms with Gasteiger partial charge in [0.25, 0.3) is 0 Å². The summed E-state index contributed by atoms with van der Waals surface area (Å²) in [5.74, 6) is -3.14. The van der Waals surface area contributed by atoms with Gasteiger partial charge in [-0.05, 0) is 15.9 Å². The van der Waals surface area contributed by atoms with Crippen molar-refractivity contribution in [3.63, 3.8) is 0 Å². The third kappa shape index (κ3) is 4.91. The molecule has 0 saturated heterocycles. The van der Waals surface area contributed by atoms with Crippen molar-refractivity contribution in [1.82, 2.24) is 9.78 Å². The average molecular weight is 389 g/mol. The van der Waals surface area contributed by atoms with Crippen molar-refractivity contribution in [3.8, 4) is 12.1 Å². The van der Waals surface area contributed by atoms with Gasteiger partial charge in [-0.25, -0.2) is 0 Å². The fourth-order valence-electron chi connectivity index (χ4n) is 1.75. The zero-order valence-electron chi connectivity index (χ0n) is 10.6. The second kappa shape index (κ2) is 6.57. The van der Waals surface area contributed by atoms with Crippen LogP contribution in [-0.4, -0.2) is 16.0 Å². The molecule has 0 bridgehead atoms. The van der Waals surface area contributed by atoms with E-state index < -0.39 is 47.3 Å². The van der Waals surface area contributed by atoms with E-state index in [4.69, 9.17) is 10.5 Å². The summed E-state index contributed by atoms with van der Waals surface area (Å²) in [6.07, 6.45) is -10.0. The maximum absolute atomic E-state index is 12.6. The molecular weight excluding hydrogens is 382 g/mol. The number of nitrogens with zero attached hydrogens (tertiary/aromatic N) is 4. The van der Waals surface area contributed by atoms with E-state index in [-0.39, 0.29) is 0 Å². The van der Waals surface area contributed by atoms with E-state index in [1.165, 1.54) is 12.1 Å². The highest BCUT2D eigenvalue weighted by atomic mass is 79.9. The van der Waals surface area contributed by atoms with Crippen molar-refractivity contribution in [2.24, 2.45) is 11.8 Å². The summed E-state index contributed by atoms with van der Waals surface area (Å²) in [4.78, 5) is 0. The SMILES string of the molecule is N#CC(C#N)C(Cn1cc(Br)c(C(F)(F)F)n1)CC(F)(F)F. The summed E-state index contributed by atoms with van der Waals surface area (Å²) in [6, 6.07) is 2.82. The number of aromatic nitrogens is 2. The van der Waals surface area contributed by atoms with Crippen LogP contribution in [0.4, 0.5) is 26.3 Å². The molecule has 120 valence electrons. The van der Waals surface area contributed by atoms with Gasteiger partial charge in [-0.2, -0.15) is 42.0 Å². The number of rotatable bonds is 4. The van der Waals surface area contributed by atoms with E-state index in [2.05, 4.69) is 21.0 Å². The van der Waals surface area contributed by atoms with Crippen molar-refractivity contribution in [2.75, 3.05) is 0 Å². The van der Waals surface area contributed by atoms with Crippen LogP contribution in [0.1, 0.15) is 12.1 Å². The van der Waals surface area contributed by atoms with Crippen LogP contribution in [-0.2, 0) is 12.7 Å². The predicted molar refractivity (Wildman–Crippen MR) is 63.8 cm³/mol. The highest BCUT2D eigenvalue weighted by Gasteiger charge is 2.39. The average Bonchev–Trinajstić information content (AvgIpc) is 2.69. The first-order valence-corrected chi connectivity index (χ1v) is 6.43. The molecule has 22 heavy (non-hydrogen) atoms. The van der Waals surface area contributed by atoms with Crippen LogP contribution < -0.4 is 0 Å². The maximum Gasteiger partial charge on any atom is 0.436 e. The van der Waals surface area contributed by atoms with Crippen molar-refractivity contribution in [2.45, 2.75) is 25.3 Å². The van der Waals surface area contributed by atoms with E-state index in [1.807, 2.05) is 0 Å². The molecule has 0 aliphatic rings. The Labute approximate surface area is 129 Å². The molecule has 0 spiro atoms. The minimum atomic E-state index is -4.77. The van der Waals surface area contributed by atoms with Gasteiger partial charge >= 0.3 is 12.4 Å². The molecule has 0 amide bonds. The first-order valence-electron chi connectivity index (χ1n) is 5.64. The second-order valence-electron chi connectivity index (χ2n) is 4.36. The Bertz CT molecular complexity index is 592. The van der Waals surface area contributed by atoms with Crippen molar-refractivity contribution >= 4 is 15.9 Å². The molecule has 0 aliphatic heterocycles. The summed E-state index contributed by atoms with van der Waals surface area (Å²) < 4.78 is 75.4. The Morgan fingerprint density at radius 3 is 2.09 bits per heavy atom. The fraction of sp³-hybridized carbons (Fsp3) is 0.545. The molecule has 1 unspecified atom stereocenters. The lowest BCUT2D eigenvalue weighted by Crippen LogP contribution is -2.25. The first kappa shape index (κ1) is 18.3. The van der Waals surface area contributed by atoms with Crippen molar-refractivity contribution in [3.05, 3.63) is 16.4 Å². The Morgan fingerprint density at radius 2 is 1.73 bits per heavy atom. The van der Waals surface area contributed by atoms with E-state index >= 15 is 0 Å². The summed E-state index contributed by atoms with van der Waals surface area (Å²) >= 11 is 2.62. The van der Waals surface area contributed by atoms with Gasteiger partial charge in [-0.1, -0.05) is 0 Å². The molecule has 0 N–H and O–H groups in total. The molecule has 1 aromatic rings. The third-order valence-electron chi connectivity index (χ3n) is 2.65. The van der Waals surface area contributed by atoms with Gasteiger partial charge in [0.05, 0.1) is 23.0 Å². The predicted octanol–water partition coefficient (Wildman–Crippen LogP) is 3.90. The summed E-state index contributed by atoms with van der Waals surface area (Å²) in [7, 11) is 0. The van der Waals surface area contributed by atoms with Crippen LogP contribution >= 0.6 is 15.9 Å². The van der Waals surface area contributed by atoms with Crippen molar-refractivity contribution in [1.29, 1.82) is 10.5 Å². The lowest BCUT2D eigenvalue weighted by atomic mass is 9.91. The largest absolute Gasteiger partial charge is 0.436 e. The normalized spacial score (nSPS) is 13.7. The van der Waals surface area contributed by atoms with E-state index in [1.54, 1.807) is 0 Å². The minimum Gasteiger partial charge on any atom is -0.271 e. The zero-order chi connectivity index (χ0) is 17.1. The molecule has 0 aromatic carbocycles. The van der Waals surface area contributed by atoms with E-state index in [0.29, 0.717) is 4.68 Å². The van der Waals surface area contributed by atoms with Gasteiger partial charge in [-0.3, -0.25) is 4.68 Å². The monoisotopic (exact) mass is 388 g/mol. The van der Waals surface area contributed by atoms with Crippen LogP contribution in [0.2, 0.25) is 0 Å². The van der Waals surface area contributed by atoms with Crippen LogP contribution in [0.25, 0.3) is 0 Å². The Hall–Kier alpha value is -1.75. The number of nitriles is 2. The van der Waals surface area contributed by atoms with Gasteiger partial charge in [0, 0.05) is 18.7 Å². The summed E-state index contributed by atoms with van der Waals surface area (Å²) in [5.41, 5.74) is -1.29. The quantitative estimate of drug-likeness (QED) is 0.734. The molecule has 0 aliphatic carbocycles. The first-order chi connectivity index (χ1) is 9.97. The lowest BCUT2D eigenvalue weighted by Gasteiger charge is -2.19. The van der Waals surface area contributed by atoms with Gasteiger partial charge in [0.1, 0.15) is 5.92 Å². The number of alkyl halides is 6. The molecular formula is C11H7BrF6N4. The van der Waals surface area contributed by atoms with Crippen molar-refractivity contribution < 1.29 is 26.3 Å². The van der Waals surface area contributed by atoms with Crippen LogP contribution in [0.5, 0.6) is 0 Å². The Kier molecular flexibility index (Phi) is 5.46. The minimum absolute atomic E-state index is 0.434. The molecule has 0 saturated carbocycles. The van der Waals surface area contributed by atoms with Gasteiger partial charge in [0.15, 0.2) is 5.69 Å². The molecule has 0 fully saturated rings. The van der Waals surface area contributed by atoms with Crippen LogP contribution in [0.3, 0.4) is 0 Å². The fourth-order valence-corrected chi connectivity index (χ4v) is 2.29. The Balaban J connectivity index is 3.06. The highest BCUT2D eigenvalue weighted by Crippen LogP contribution is 2.35. The van der Waals surface area contributed by atoms with E-state index in [9.17, 15) is 26.3 Å². The third-order valence-corrected chi connectivity index (χ3v) is 3.23. The topological polar surface area (TPSA) is 65.4 Å². The molecule has 1 atom stereocenters. The standard InChI is InChI=1S/C11H7BrF6N4/c12-8-5-22(21-9(8)11(16,17)18)4-6(1-10(13,14)15)7(2-19)3-20/h5-7H,1,4H2. The van der Waals surface area contributed by atoms with Gasteiger partial charge in [0.2, 0.25) is 0 Å². The summed E-state index contributed by atoms with van der Waals surface area (Å²) in [6.45, 7) is -0.639. The van der Waals surface area contributed by atoms with Crippen LogP contribution in [0.15, 0.2) is 10.7 Å². The highest BCUT2D eigenvalue weighted by molar-refractivity contribution is 9.10. The Morgan fingerprint density at radius 1 is 1.18 bits per heavy atom. The smallest absolute Gasteiger partial charge is 0.271 e. The lowest BCUT2D eigenvalue weighted by molar-refractivity contribution is -0.148. The van der Waals surface area contributed by atoms with Crippen LogP contribution in [0, 0.1) is 34.5 Å². The maximum atomic E-state index is 12.6. The number of hydrogen-bond acceptors (Lipinski definition) is 3. The molecule has 4 nitrogen and oxygen atoms in total. The molecule has 1 rings (SSSR count). The zero-order valence-corrected chi connectivity index (χ0v) is 12.2. The second-order valence-corrected chi connectivity index (χ2v) is 5.22. The van der Waals surface area contributed by atoms with Gasteiger partial charge < -0.3 is 0 Å². The molecule has 0 radical (unpaired) electrons. The molecule has 1 aromatic heterocycles. The van der Waals surface area contributed by atoms with Gasteiger partial charge in [-0.15, -0.1) is 0 Å². The number of hydrogen-bond donors (Lipinski definition) is 0.